The summed E-state index contributed by atoms with van der Waals surface area (Å²) in [6.45, 7) is 0.0611. The van der Waals surface area contributed by atoms with Crippen molar-refractivity contribution >= 4 is 23.8 Å². The van der Waals surface area contributed by atoms with Crippen LogP contribution >= 0.6 is 0 Å². The second kappa shape index (κ2) is 8.29. The monoisotopic (exact) mass is 359 g/mol. The van der Waals surface area contributed by atoms with Crippen LogP contribution in [0.2, 0.25) is 0 Å². The molecule has 0 aromatic heterocycles. The summed E-state index contributed by atoms with van der Waals surface area (Å²) >= 11 is 0. The van der Waals surface area contributed by atoms with E-state index < -0.39 is 18.5 Å². The quantitative estimate of drug-likeness (QED) is 0.576. The molecular formula is C19H25N3O4. The minimum Gasteiger partial charge on any atom is -0.337 e. The zero-order valence-corrected chi connectivity index (χ0v) is 14.8. The number of nitrogens with one attached hydrogen (secondary N) is 2. The fourth-order valence-electron chi connectivity index (χ4n) is 3.85. The lowest BCUT2D eigenvalue weighted by Gasteiger charge is -2.15. The van der Waals surface area contributed by atoms with E-state index >= 15 is 0 Å². The maximum atomic E-state index is 12.3. The molecule has 2 N–H and O–H groups in total. The molecule has 0 aromatic rings. The Morgan fingerprint density at radius 3 is 2.38 bits per heavy atom. The van der Waals surface area contributed by atoms with Crippen molar-refractivity contribution in [3.63, 3.8) is 0 Å². The Bertz CT molecular complexity index is 642. The van der Waals surface area contributed by atoms with Crippen molar-refractivity contribution in [2.75, 3.05) is 13.1 Å². The van der Waals surface area contributed by atoms with E-state index in [1.165, 1.54) is 18.4 Å². The Morgan fingerprint density at radius 1 is 1.08 bits per heavy atom. The molecule has 2 aliphatic carbocycles. The van der Waals surface area contributed by atoms with E-state index in [2.05, 4.69) is 16.7 Å². The summed E-state index contributed by atoms with van der Waals surface area (Å²) in [6.07, 6.45) is 12.4. The van der Waals surface area contributed by atoms with Crippen molar-refractivity contribution in [3.8, 4) is 0 Å². The largest absolute Gasteiger partial charge is 0.337 e. The number of hydrogen-bond acceptors (Lipinski definition) is 4. The van der Waals surface area contributed by atoms with Crippen molar-refractivity contribution in [2.45, 2.75) is 44.9 Å². The number of allylic oxidation sites excluding steroid dienone is 3. The molecule has 1 saturated heterocycles. The lowest BCUT2D eigenvalue weighted by atomic mass is 9.85. The molecule has 2 atom stereocenters. The maximum Gasteiger partial charge on any atom is 0.321 e. The van der Waals surface area contributed by atoms with Gasteiger partial charge in [0.2, 0.25) is 17.7 Å². The number of fused-ring (bicyclic) bond motifs is 1. The van der Waals surface area contributed by atoms with E-state index in [1.54, 1.807) is 0 Å². The zero-order chi connectivity index (χ0) is 18.5. The third-order valence-electron chi connectivity index (χ3n) is 5.27. The minimum atomic E-state index is -0.646. The third kappa shape index (κ3) is 4.20. The van der Waals surface area contributed by atoms with Gasteiger partial charge in [-0.3, -0.25) is 24.6 Å². The Balaban J connectivity index is 1.42. The maximum absolute atomic E-state index is 12.3. The SMILES string of the molecule is O=C(CN1C(=O)[C@H]2CC=CC[C@H]2C1=O)NC(=O)NCCC1=CCCCC1. The van der Waals surface area contributed by atoms with Crippen molar-refractivity contribution in [3.05, 3.63) is 23.8 Å². The van der Waals surface area contributed by atoms with E-state index in [0.29, 0.717) is 19.4 Å². The average molecular weight is 359 g/mol. The first kappa shape index (κ1) is 18.4. The second-order valence-electron chi connectivity index (χ2n) is 7.08. The van der Waals surface area contributed by atoms with Gasteiger partial charge >= 0.3 is 6.03 Å². The molecule has 140 valence electrons. The Morgan fingerprint density at radius 2 is 1.77 bits per heavy atom. The van der Waals surface area contributed by atoms with E-state index in [9.17, 15) is 19.2 Å². The number of carbonyl (C=O) groups is 4. The second-order valence-corrected chi connectivity index (χ2v) is 7.08. The molecule has 26 heavy (non-hydrogen) atoms. The molecule has 3 aliphatic rings. The number of hydrogen-bond donors (Lipinski definition) is 2. The molecular weight excluding hydrogens is 334 g/mol. The van der Waals surface area contributed by atoms with Crippen LogP contribution in [0, 0.1) is 11.8 Å². The van der Waals surface area contributed by atoms with Gasteiger partial charge in [-0.25, -0.2) is 4.79 Å². The first-order valence-corrected chi connectivity index (χ1v) is 9.32. The fourth-order valence-corrected chi connectivity index (χ4v) is 3.85. The van der Waals surface area contributed by atoms with Crippen LogP contribution < -0.4 is 10.6 Å². The van der Waals surface area contributed by atoms with E-state index in [4.69, 9.17) is 0 Å². The number of imide groups is 2. The number of amides is 5. The van der Waals surface area contributed by atoms with Gasteiger partial charge in [0.05, 0.1) is 11.8 Å². The molecule has 0 aromatic carbocycles. The van der Waals surface area contributed by atoms with Crippen molar-refractivity contribution in [1.29, 1.82) is 0 Å². The topological polar surface area (TPSA) is 95.6 Å². The summed E-state index contributed by atoms with van der Waals surface area (Å²) in [5, 5.41) is 4.84. The molecule has 0 unspecified atom stereocenters. The molecule has 1 aliphatic heterocycles. The van der Waals surface area contributed by atoms with Crippen LogP contribution in [0.25, 0.3) is 0 Å². The lowest BCUT2D eigenvalue weighted by molar-refractivity contribution is -0.143. The highest BCUT2D eigenvalue weighted by Crippen LogP contribution is 2.34. The van der Waals surface area contributed by atoms with Crippen LogP contribution in [0.5, 0.6) is 0 Å². The molecule has 3 rings (SSSR count). The van der Waals surface area contributed by atoms with Gasteiger partial charge in [0.15, 0.2) is 0 Å². The van der Waals surface area contributed by atoms with Gasteiger partial charge in [-0.15, -0.1) is 0 Å². The molecule has 0 saturated carbocycles. The normalized spacial score (nSPS) is 24.9. The molecule has 1 heterocycles. The van der Waals surface area contributed by atoms with Gasteiger partial charge in [-0.2, -0.15) is 0 Å². The molecule has 0 radical (unpaired) electrons. The van der Waals surface area contributed by atoms with Crippen LogP contribution in [0.3, 0.4) is 0 Å². The number of likely N-dealkylation sites (tertiary alicyclic amines) is 1. The summed E-state index contributed by atoms with van der Waals surface area (Å²) in [7, 11) is 0. The Hall–Kier alpha value is -2.44. The molecule has 7 heteroatoms. The van der Waals surface area contributed by atoms with E-state index in [0.717, 1.165) is 24.2 Å². The molecule has 0 bridgehead atoms. The first-order chi connectivity index (χ1) is 12.6. The van der Waals surface area contributed by atoms with Crippen LogP contribution in [-0.4, -0.2) is 41.7 Å². The lowest BCUT2D eigenvalue weighted by Crippen LogP contribution is -2.46. The number of carbonyl (C=O) groups excluding carboxylic acids is 4. The van der Waals surface area contributed by atoms with Crippen molar-refractivity contribution < 1.29 is 19.2 Å². The van der Waals surface area contributed by atoms with Gasteiger partial charge < -0.3 is 5.32 Å². The van der Waals surface area contributed by atoms with Gasteiger partial charge in [0, 0.05) is 6.54 Å². The first-order valence-electron chi connectivity index (χ1n) is 9.32. The molecule has 1 fully saturated rings. The van der Waals surface area contributed by atoms with E-state index in [-0.39, 0.29) is 23.7 Å². The average Bonchev–Trinajstić information content (AvgIpc) is 2.88. The summed E-state index contributed by atoms with van der Waals surface area (Å²) in [5.74, 6) is -2.00. The Kier molecular flexibility index (Phi) is 5.85. The van der Waals surface area contributed by atoms with Gasteiger partial charge in [-0.1, -0.05) is 23.8 Å². The van der Waals surface area contributed by atoms with Crippen LogP contribution in [0.4, 0.5) is 4.79 Å². The summed E-state index contributed by atoms with van der Waals surface area (Å²) in [5.41, 5.74) is 1.34. The smallest absolute Gasteiger partial charge is 0.321 e. The highest BCUT2D eigenvalue weighted by Gasteiger charge is 2.47. The highest BCUT2D eigenvalue weighted by molar-refractivity contribution is 6.08. The van der Waals surface area contributed by atoms with Gasteiger partial charge in [-0.05, 0) is 44.9 Å². The number of urea groups is 1. The van der Waals surface area contributed by atoms with Crippen LogP contribution in [0.15, 0.2) is 23.8 Å². The Labute approximate surface area is 152 Å². The fraction of sp³-hybridized carbons (Fsp3) is 0.579. The van der Waals surface area contributed by atoms with Crippen molar-refractivity contribution in [2.24, 2.45) is 11.8 Å². The molecule has 5 amide bonds. The van der Waals surface area contributed by atoms with Gasteiger partial charge in [0.1, 0.15) is 6.54 Å². The third-order valence-corrected chi connectivity index (χ3v) is 5.27. The molecule has 7 nitrogen and oxygen atoms in total. The summed E-state index contributed by atoms with van der Waals surface area (Å²) < 4.78 is 0. The number of nitrogens with zero attached hydrogens (tertiary/aromatic N) is 1. The summed E-state index contributed by atoms with van der Waals surface area (Å²) in [6, 6.07) is -0.593. The number of rotatable bonds is 5. The zero-order valence-electron chi connectivity index (χ0n) is 14.8. The van der Waals surface area contributed by atoms with Gasteiger partial charge in [0.25, 0.3) is 0 Å². The standard InChI is InChI=1S/C19H25N3O4/c23-16(21-19(26)20-11-10-13-6-2-1-3-7-13)12-22-17(24)14-8-4-5-9-15(14)18(22)25/h4-6,14-15H,1-3,7-12H2,(H2,20,21,23,26)/t14-,15+. The predicted molar refractivity (Wildman–Crippen MR) is 94.8 cm³/mol. The van der Waals surface area contributed by atoms with Crippen LogP contribution in [0.1, 0.15) is 44.9 Å². The van der Waals surface area contributed by atoms with Crippen molar-refractivity contribution in [1.82, 2.24) is 15.5 Å². The van der Waals surface area contributed by atoms with E-state index in [1.807, 2.05) is 12.2 Å². The highest BCUT2D eigenvalue weighted by atomic mass is 16.2. The van der Waals surface area contributed by atoms with Crippen LogP contribution in [-0.2, 0) is 14.4 Å². The predicted octanol–water partition coefficient (Wildman–Crippen LogP) is 1.65. The minimum absolute atomic E-state index is 0.316. The molecule has 0 spiro atoms. The summed E-state index contributed by atoms with van der Waals surface area (Å²) in [4.78, 5) is 49.4.